The third-order valence-corrected chi connectivity index (χ3v) is 5.47. The zero-order valence-electron chi connectivity index (χ0n) is 15.6. The number of hydrogen-bond donors (Lipinski definition) is 2. The maximum absolute atomic E-state index is 12.5. The van der Waals surface area contributed by atoms with Gasteiger partial charge in [-0.25, -0.2) is 4.79 Å². The predicted molar refractivity (Wildman–Crippen MR) is 107 cm³/mol. The summed E-state index contributed by atoms with van der Waals surface area (Å²) in [6, 6.07) is 16.2. The fourth-order valence-electron chi connectivity index (χ4n) is 3.96. The van der Waals surface area contributed by atoms with Gasteiger partial charge in [-0.15, -0.1) is 0 Å². The van der Waals surface area contributed by atoms with E-state index in [0.29, 0.717) is 12.5 Å². The zero-order chi connectivity index (χ0) is 18.6. The van der Waals surface area contributed by atoms with E-state index >= 15 is 0 Å². The average molecular weight is 363 g/mol. The first-order chi connectivity index (χ1) is 13.3. The lowest BCUT2D eigenvalue weighted by molar-refractivity contribution is 0.181. The summed E-state index contributed by atoms with van der Waals surface area (Å²) in [6.45, 7) is 2.04. The van der Waals surface area contributed by atoms with E-state index in [1.165, 1.54) is 16.5 Å². The molecular weight excluding hydrogens is 338 g/mol. The van der Waals surface area contributed by atoms with Gasteiger partial charge in [-0.05, 0) is 36.5 Å². The number of fused-ring (bicyclic) bond motifs is 1. The molecule has 4 rings (SSSR count). The van der Waals surface area contributed by atoms with Gasteiger partial charge in [0.25, 0.3) is 0 Å². The summed E-state index contributed by atoms with van der Waals surface area (Å²) >= 11 is 0. The summed E-state index contributed by atoms with van der Waals surface area (Å²) in [5, 5.41) is 4.33. The van der Waals surface area contributed by atoms with Gasteiger partial charge in [0.15, 0.2) is 0 Å². The molecule has 1 aliphatic rings. The Morgan fingerprint density at radius 3 is 2.70 bits per heavy atom. The highest BCUT2D eigenvalue weighted by Gasteiger charge is 2.25. The van der Waals surface area contributed by atoms with E-state index in [-0.39, 0.29) is 6.03 Å². The minimum Gasteiger partial charge on any atom is -0.496 e. The van der Waals surface area contributed by atoms with E-state index in [4.69, 9.17) is 4.74 Å². The van der Waals surface area contributed by atoms with Gasteiger partial charge in [-0.2, -0.15) is 0 Å². The summed E-state index contributed by atoms with van der Waals surface area (Å²) in [5.41, 5.74) is 3.55. The van der Waals surface area contributed by atoms with Gasteiger partial charge < -0.3 is 19.9 Å². The molecule has 1 saturated heterocycles. The molecule has 140 valence electrons. The Balaban J connectivity index is 1.34. The third kappa shape index (κ3) is 3.63. The number of nitrogens with one attached hydrogen (secondary N) is 2. The molecule has 2 aromatic carbocycles. The van der Waals surface area contributed by atoms with E-state index in [1.807, 2.05) is 29.2 Å². The Morgan fingerprint density at radius 2 is 1.89 bits per heavy atom. The van der Waals surface area contributed by atoms with E-state index in [0.717, 1.165) is 37.2 Å². The highest BCUT2D eigenvalue weighted by atomic mass is 16.5. The Labute approximate surface area is 159 Å². The van der Waals surface area contributed by atoms with Crippen molar-refractivity contribution in [3.8, 4) is 5.75 Å². The Kier molecular flexibility index (Phi) is 5.01. The number of carbonyl (C=O) groups excluding carboxylic acids is 1. The number of amides is 2. The largest absolute Gasteiger partial charge is 0.496 e. The molecule has 3 aromatic rings. The van der Waals surface area contributed by atoms with E-state index in [9.17, 15) is 4.79 Å². The van der Waals surface area contributed by atoms with Crippen LogP contribution in [0.25, 0.3) is 10.9 Å². The van der Waals surface area contributed by atoms with Crippen LogP contribution in [0.1, 0.15) is 29.9 Å². The number of H-pyrrole nitrogens is 1. The van der Waals surface area contributed by atoms with Crippen molar-refractivity contribution in [3.05, 3.63) is 65.9 Å². The lowest BCUT2D eigenvalue weighted by Crippen LogP contribution is -2.43. The van der Waals surface area contributed by atoms with Crippen LogP contribution < -0.4 is 10.1 Å². The molecule has 2 heterocycles. The second-order valence-electron chi connectivity index (χ2n) is 7.02. The number of piperidine rings is 1. The van der Waals surface area contributed by atoms with E-state index in [1.54, 1.807) is 7.11 Å². The number of likely N-dealkylation sites (tertiary alicyclic amines) is 1. The van der Waals surface area contributed by atoms with Crippen LogP contribution in [-0.2, 0) is 6.54 Å². The molecule has 0 radical (unpaired) electrons. The van der Waals surface area contributed by atoms with Gasteiger partial charge in [-0.1, -0.05) is 36.4 Å². The van der Waals surface area contributed by atoms with Gasteiger partial charge in [0, 0.05) is 42.3 Å². The molecule has 0 bridgehead atoms. The van der Waals surface area contributed by atoms with E-state index < -0.39 is 0 Å². The van der Waals surface area contributed by atoms with Crippen molar-refractivity contribution in [2.45, 2.75) is 25.3 Å². The van der Waals surface area contributed by atoms with Crippen molar-refractivity contribution < 1.29 is 9.53 Å². The first-order valence-corrected chi connectivity index (χ1v) is 9.47. The molecule has 1 aromatic heterocycles. The molecule has 5 nitrogen and oxygen atoms in total. The lowest BCUT2D eigenvalue weighted by Gasteiger charge is -2.32. The molecule has 5 heteroatoms. The topological polar surface area (TPSA) is 57.4 Å². The molecule has 2 N–H and O–H groups in total. The van der Waals surface area contributed by atoms with Gasteiger partial charge in [0.1, 0.15) is 5.75 Å². The van der Waals surface area contributed by atoms with Crippen LogP contribution in [-0.4, -0.2) is 36.1 Å². The minimum atomic E-state index is -0.00159. The van der Waals surface area contributed by atoms with Gasteiger partial charge in [0.2, 0.25) is 0 Å². The number of urea groups is 1. The second kappa shape index (κ2) is 7.74. The second-order valence-corrected chi connectivity index (χ2v) is 7.02. The number of benzene rings is 2. The molecule has 0 aliphatic carbocycles. The number of carbonyl (C=O) groups is 1. The molecule has 1 aliphatic heterocycles. The van der Waals surface area contributed by atoms with Crippen LogP contribution in [0.5, 0.6) is 5.75 Å². The Hall–Kier alpha value is -2.95. The average Bonchev–Trinajstić information content (AvgIpc) is 3.16. The zero-order valence-corrected chi connectivity index (χ0v) is 15.6. The minimum absolute atomic E-state index is 0.00159. The molecule has 2 amide bonds. The first-order valence-electron chi connectivity index (χ1n) is 9.47. The highest BCUT2D eigenvalue weighted by Crippen LogP contribution is 2.33. The number of rotatable bonds is 4. The van der Waals surface area contributed by atoms with Crippen LogP contribution in [0.2, 0.25) is 0 Å². The van der Waals surface area contributed by atoms with Crippen LogP contribution in [0, 0.1) is 0 Å². The fourth-order valence-corrected chi connectivity index (χ4v) is 3.96. The van der Waals surface area contributed by atoms with E-state index in [2.05, 4.69) is 40.8 Å². The molecular formula is C22H25N3O2. The Bertz CT molecular complexity index is 926. The summed E-state index contributed by atoms with van der Waals surface area (Å²) < 4.78 is 5.35. The highest BCUT2D eigenvalue weighted by molar-refractivity contribution is 5.83. The molecule has 0 spiro atoms. The molecule has 0 atom stereocenters. The summed E-state index contributed by atoms with van der Waals surface area (Å²) in [5.74, 6) is 1.30. The van der Waals surface area contributed by atoms with Gasteiger partial charge in [-0.3, -0.25) is 0 Å². The van der Waals surface area contributed by atoms with Crippen molar-refractivity contribution in [2.24, 2.45) is 0 Å². The predicted octanol–water partition coefficient (Wildman–Crippen LogP) is 4.27. The maximum atomic E-state index is 12.5. The number of ether oxygens (including phenoxy) is 1. The van der Waals surface area contributed by atoms with Crippen LogP contribution >= 0.6 is 0 Å². The molecule has 27 heavy (non-hydrogen) atoms. The Morgan fingerprint density at radius 1 is 1.15 bits per heavy atom. The number of aromatic amines is 1. The molecule has 0 unspecified atom stereocenters. The summed E-state index contributed by atoms with van der Waals surface area (Å²) in [4.78, 5) is 17.8. The first kappa shape index (κ1) is 17.5. The number of hydrogen-bond acceptors (Lipinski definition) is 2. The number of aromatic nitrogens is 1. The van der Waals surface area contributed by atoms with Crippen molar-refractivity contribution in [1.82, 2.24) is 15.2 Å². The third-order valence-electron chi connectivity index (χ3n) is 5.47. The summed E-state index contributed by atoms with van der Waals surface area (Å²) in [6.07, 6.45) is 4.11. The lowest BCUT2D eigenvalue weighted by atomic mass is 9.89. The normalized spacial score (nSPS) is 15.1. The van der Waals surface area contributed by atoms with Crippen molar-refractivity contribution in [1.29, 1.82) is 0 Å². The summed E-state index contributed by atoms with van der Waals surface area (Å²) in [7, 11) is 1.65. The van der Waals surface area contributed by atoms with Crippen LogP contribution in [0.15, 0.2) is 54.7 Å². The van der Waals surface area contributed by atoms with Crippen molar-refractivity contribution >= 4 is 16.9 Å². The standard InChI is InChI=1S/C22H25N3O2/c1-27-21-9-5-2-6-17(21)14-24-22(26)25-12-10-16(11-13-25)19-15-23-20-8-4-3-7-18(19)20/h2-9,15-16,23H,10-14H2,1H3,(H,24,26). The number of methoxy groups -OCH3 is 1. The maximum Gasteiger partial charge on any atom is 0.317 e. The van der Waals surface area contributed by atoms with Gasteiger partial charge in [0.05, 0.1) is 7.11 Å². The SMILES string of the molecule is COc1ccccc1CNC(=O)N1CCC(c2c[nH]c3ccccc23)CC1. The van der Waals surface area contributed by atoms with Crippen LogP contribution in [0.3, 0.4) is 0 Å². The number of nitrogens with zero attached hydrogens (tertiary/aromatic N) is 1. The van der Waals surface area contributed by atoms with Crippen LogP contribution in [0.4, 0.5) is 4.79 Å². The van der Waals surface area contributed by atoms with Crippen molar-refractivity contribution in [3.63, 3.8) is 0 Å². The molecule has 0 saturated carbocycles. The van der Waals surface area contributed by atoms with Gasteiger partial charge >= 0.3 is 6.03 Å². The number of para-hydroxylation sites is 2. The smallest absolute Gasteiger partial charge is 0.317 e. The quantitative estimate of drug-likeness (QED) is 0.727. The monoisotopic (exact) mass is 363 g/mol. The van der Waals surface area contributed by atoms with Crippen molar-refractivity contribution in [2.75, 3.05) is 20.2 Å². The molecule has 1 fully saturated rings. The fraction of sp³-hybridized carbons (Fsp3) is 0.318.